The maximum atomic E-state index is 12.4. The predicted molar refractivity (Wildman–Crippen MR) is 79.0 cm³/mol. The van der Waals surface area contributed by atoms with E-state index >= 15 is 0 Å². The summed E-state index contributed by atoms with van der Waals surface area (Å²) < 4.78 is 44.9. The normalized spacial score (nSPS) is 27.7. The Kier molecular flexibility index (Phi) is 4.93. The van der Waals surface area contributed by atoms with E-state index in [1.807, 2.05) is 17.8 Å². The molecule has 0 bridgehead atoms. The Morgan fingerprint density at radius 2 is 2.04 bits per heavy atom. The number of aromatic nitrogens is 2. The van der Waals surface area contributed by atoms with Crippen LogP contribution in [0, 0.1) is 0 Å². The maximum Gasteiger partial charge on any atom is 0.401 e. The van der Waals surface area contributed by atoms with E-state index in [1.54, 1.807) is 6.20 Å². The molecule has 1 aromatic rings. The van der Waals surface area contributed by atoms with E-state index in [4.69, 9.17) is 4.74 Å². The summed E-state index contributed by atoms with van der Waals surface area (Å²) >= 11 is 0. The Balaban J connectivity index is 1.51. The maximum absolute atomic E-state index is 12.4. The van der Waals surface area contributed by atoms with Crippen molar-refractivity contribution >= 4 is 0 Å². The fourth-order valence-electron chi connectivity index (χ4n) is 3.53. The van der Waals surface area contributed by atoms with E-state index < -0.39 is 12.7 Å². The molecule has 3 rings (SSSR count). The molecule has 3 heterocycles. The molecule has 2 aliphatic heterocycles. The highest BCUT2D eigenvalue weighted by Crippen LogP contribution is 2.30. The van der Waals surface area contributed by atoms with Gasteiger partial charge in [0, 0.05) is 31.9 Å². The van der Waals surface area contributed by atoms with Gasteiger partial charge in [0.1, 0.15) is 6.10 Å². The average Bonchev–Trinajstić information content (AvgIpc) is 3.08. The number of nitrogens with one attached hydrogen (secondary N) is 1. The SMILES string of the molecule is Cn1nccc1[C@H]1OCC[C@@H]1NC1CCN(CC(F)(F)F)CC1. The number of ether oxygens (including phenoxy) is 1. The van der Waals surface area contributed by atoms with E-state index in [1.165, 1.54) is 4.90 Å². The number of alkyl halides is 3. The van der Waals surface area contributed by atoms with E-state index in [9.17, 15) is 13.2 Å². The molecule has 0 radical (unpaired) electrons. The van der Waals surface area contributed by atoms with Crippen LogP contribution in [0.15, 0.2) is 12.3 Å². The Morgan fingerprint density at radius 3 is 2.65 bits per heavy atom. The zero-order chi connectivity index (χ0) is 16.4. The van der Waals surface area contributed by atoms with Crippen LogP contribution in [0.4, 0.5) is 13.2 Å². The van der Waals surface area contributed by atoms with Crippen LogP contribution < -0.4 is 5.32 Å². The monoisotopic (exact) mass is 332 g/mol. The number of likely N-dealkylation sites (tertiary alicyclic amines) is 1. The Hall–Kier alpha value is -1.12. The molecule has 130 valence electrons. The van der Waals surface area contributed by atoms with Crippen LogP contribution in [-0.2, 0) is 11.8 Å². The van der Waals surface area contributed by atoms with Gasteiger partial charge in [0.15, 0.2) is 0 Å². The summed E-state index contributed by atoms with van der Waals surface area (Å²) in [5.41, 5.74) is 1.04. The predicted octanol–water partition coefficient (Wildman–Crippen LogP) is 1.87. The van der Waals surface area contributed by atoms with Gasteiger partial charge < -0.3 is 10.1 Å². The van der Waals surface area contributed by atoms with E-state index in [-0.39, 0.29) is 18.2 Å². The van der Waals surface area contributed by atoms with Crippen molar-refractivity contribution in [2.75, 3.05) is 26.2 Å². The van der Waals surface area contributed by atoms with Crippen molar-refractivity contribution in [1.82, 2.24) is 20.0 Å². The van der Waals surface area contributed by atoms with Gasteiger partial charge in [-0.2, -0.15) is 18.3 Å². The van der Waals surface area contributed by atoms with Crippen molar-refractivity contribution in [2.24, 2.45) is 7.05 Å². The van der Waals surface area contributed by atoms with Crippen LogP contribution in [0.3, 0.4) is 0 Å². The molecule has 0 aromatic carbocycles. The van der Waals surface area contributed by atoms with Crippen LogP contribution in [0.1, 0.15) is 31.1 Å². The lowest BCUT2D eigenvalue weighted by molar-refractivity contribution is -0.148. The first-order chi connectivity index (χ1) is 10.9. The fourth-order valence-corrected chi connectivity index (χ4v) is 3.53. The molecule has 5 nitrogen and oxygen atoms in total. The second-order valence-electron chi connectivity index (χ2n) is 6.40. The van der Waals surface area contributed by atoms with Crippen LogP contribution in [0.5, 0.6) is 0 Å². The van der Waals surface area contributed by atoms with E-state index in [0.29, 0.717) is 19.7 Å². The van der Waals surface area contributed by atoms with Crippen LogP contribution in [0.2, 0.25) is 0 Å². The molecular weight excluding hydrogens is 309 g/mol. The van der Waals surface area contributed by atoms with Crippen molar-refractivity contribution in [2.45, 2.75) is 43.6 Å². The van der Waals surface area contributed by atoms with Gasteiger partial charge in [0.25, 0.3) is 0 Å². The second kappa shape index (κ2) is 6.78. The minimum atomic E-state index is -4.11. The van der Waals surface area contributed by atoms with Crippen LogP contribution in [-0.4, -0.2) is 59.2 Å². The Morgan fingerprint density at radius 1 is 1.30 bits per heavy atom. The van der Waals surface area contributed by atoms with Gasteiger partial charge in [0.2, 0.25) is 0 Å². The summed E-state index contributed by atoms with van der Waals surface area (Å²) in [6, 6.07) is 2.41. The van der Waals surface area contributed by atoms with Gasteiger partial charge in [0.05, 0.1) is 12.2 Å². The highest BCUT2D eigenvalue weighted by Gasteiger charge is 2.35. The Labute approximate surface area is 133 Å². The summed E-state index contributed by atoms with van der Waals surface area (Å²) in [5, 5.41) is 7.77. The third-order valence-corrected chi connectivity index (χ3v) is 4.68. The summed E-state index contributed by atoms with van der Waals surface area (Å²) in [7, 11) is 1.89. The van der Waals surface area contributed by atoms with Gasteiger partial charge in [-0.05, 0) is 38.4 Å². The highest BCUT2D eigenvalue weighted by atomic mass is 19.4. The van der Waals surface area contributed by atoms with Crippen LogP contribution >= 0.6 is 0 Å². The third kappa shape index (κ3) is 4.24. The molecule has 1 aromatic heterocycles. The molecular formula is C15H23F3N4O. The molecule has 0 saturated carbocycles. The lowest BCUT2D eigenvalue weighted by atomic mass is 10.0. The first-order valence-corrected chi connectivity index (χ1v) is 8.07. The average molecular weight is 332 g/mol. The number of hydrogen-bond acceptors (Lipinski definition) is 4. The van der Waals surface area contributed by atoms with E-state index in [2.05, 4.69) is 10.4 Å². The minimum absolute atomic E-state index is 0.0318. The highest BCUT2D eigenvalue weighted by molar-refractivity contribution is 5.09. The van der Waals surface area contributed by atoms with Crippen LogP contribution in [0.25, 0.3) is 0 Å². The van der Waals surface area contributed by atoms with Crippen molar-refractivity contribution in [1.29, 1.82) is 0 Å². The third-order valence-electron chi connectivity index (χ3n) is 4.68. The molecule has 2 fully saturated rings. The number of piperidine rings is 1. The zero-order valence-corrected chi connectivity index (χ0v) is 13.2. The summed E-state index contributed by atoms with van der Waals surface area (Å²) in [6.45, 7) is 0.868. The first-order valence-electron chi connectivity index (χ1n) is 8.07. The van der Waals surface area contributed by atoms with Crippen molar-refractivity contribution in [3.63, 3.8) is 0 Å². The van der Waals surface area contributed by atoms with Gasteiger partial charge >= 0.3 is 6.18 Å². The lowest BCUT2D eigenvalue weighted by Crippen LogP contribution is -2.48. The molecule has 0 unspecified atom stereocenters. The van der Waals surface area contributed by atoms with Crippen molar-refractivity contribution in [3.05, 3.63) is 18.0 Å². The minimum Gasteiger partial charge on any atom is -0.370 e. The number of rotatable bonds is 4. The number of hydrogen-bond donors (Lipinski definition) is 1. The number of nitrogens with zero attached hydrogens (tertiary/aromatic N) is 3. The summed E-state index contributed by atoms with van der Waals surface area (Å²) in [5.74, 6) is 0. The molecule has 2 atom stereocenters. The van der Waals surface area contributed by atoms with E-state index in [0.717, 1.165) is 25.0 Å². The number of aryl methyl sites for hydroxylation is 1. The topological polar surface area (TPSA) is 42.3 Å². The second-order valence-corrected chi connectivity index (χ2v) is 6.40. The molecule has 23 heavy (non-hydrogen) atoms. The lowest BCUT2D eigenvalue weighted by Gasteiger charge is -2.35. The molecule has 2 aliphatic rings. The standard InChI is InChI=1S/C15H23F3N4O/c1-21-13(2-6-19-21)14-12(5-9-23-14)20-11-3-7-22(8-4-11)10-15(16,17)18/h2,6,11-12,14,20H,3-5,7-10H2,1H3/t12-,14-/m0/s1. The molecule has 0 aliphatic carbocycles. The Bertz CT molecular complexity index is 511. The van der Waals surface area contributed by atoms with Gasteiger partial charge in [-0.3, -0.25) is 9.58 Å². The summed E-state index contributed by atoms with van der Waals surface area (Å²) in [4.78, 5) is 1.49. The van der Waals surface area contributed by atoms with Crippen molar-refractivity contribution < 1.29 is 17.9 Å². The molecule has 8 heteroatoms. The molecule has 1 N–H and O–H groups in total. The van der Waals surface area contributed by atoms with Gasteiger partial charge in [-0.1, -0.05) is 0 Å². The first kappa shape index (κ1) is 16.7. The molecule has 0 spiro atoms. The largest absolute Gasteiger partial charge is 0.401 e. The fraction of sp³-hybridized carbons (Fsp3) is 0.800. The van der Waals surface area contributed by atoms with Crippen molar-refractivity contribution in [3.8, 4) is 0 Å². The molecule has 0 amide bonds. The molecule has 2 saturated heterocycles. The zero-order valence-electron chi connectivity index (χ0n) is 13.2. The quantitative estimate of drug-likeness (QED) is 0.914. The summed E-state index contributed by atoms with van der Waals surface area (Å²) in [6.07, 6.45) is 0.0118. The smallest absolute Gasteiger partial charge is 0.370 e. The number of halogens is 3. The van der Waals surface area contributed by atoms with Gasteiger partial charge in [-0.15, -0.1) is 0 Å². The van der Waals surface area contributed by atoms with Gasteiger partial charge in [-0.25, -0.2) is 0 Å².